The molecular formula is C12H24Cl2N2. The summed E-state index contributed by atoms with van der Waals surface area (Å²) in [5.74, 6) is 6.62. The Morgan fingerprint density at radius 3 is 1.31 bits per heavy atom. The van der Waals surface area contributed by atoms with Crippen molar-refractivity contribution in [3.63, 3.8) is 0 Å². The van der Waals surface area contributed by atoms with E-state index >= 15 is 0 Å². The van der Waals surface area contributed by atoms with Gasteiger partial charge >= 0.3 is 0 Å². The van der Waals surface area contributed by atoms with E-state index in [2.05, 4.69) is 40.0 Å². The van der Waals surface area contributed by atoms with E-state index in [0.29, 0.717) is 0 Å². The highest BCUT2D eigenvalue weighted by molar-refractivity contribution is 4.99. The molecule has 1 aliphatic heterocycles. The molecule has 0 atom stereocenters. The van der Waals surface area contributed by atoms with Crippen LogP contribution < -0.4 is 24.8 Å². The topological polar surface area (TPSA) is 0 Å². The summed E-state index contributed by atoms with van der Waals surface area (Å²) >= 11 is 0. The van der Waals surface area contributed by atoms with E-state index in [1.54, 1.807) is 0 Å². The molecule has 4 heteroatoms. The van der Waals surface area contributed by atoms with Crippen molar-refractivity contribution in [3.05, 3.63) is 0 Å². The zero-order chi connectivity index (χ0) is 10.7. The zero-order valence-electron chi connectivity index (χ0n) is 10.9. The summed E-state index contributed by atoms with van der Waals surface area (Å²) in [6.07, 6.45) is 2.66. The Kier molecular flexibility index (Phi) is 8.52. The fourth-order valence-electron chi connectivity index (χ4n) is 1.78. The van der Waals surface area contributed by atoms with Crippen LogP contribution in [-0.4, -0.2) is 63.3 Å². The van der Waals surface area contributed by atoms with Crippen LogP contribution in [0.2, 0.25) is 0 Å². The molecule has 0 aliphatic carbocycles. The van der Waals surface area contributed by atoms with Crippen LogP contribution in [0.5, 0.6) is 0 Å². The highest BCUT2D eigenvalue weighted by Gasteiger charge is 2.17. The maximum Gasteiger partial charge on any atom is 0.140 e. The van der Waals surface area contributed by atoms with E-state index in [0.717, 1.165) is 22.1 Å². The lowest BCUT2D eigenvalue weighted by molar-refractivity contribution is -0.891. The van der Waals surface area contributed by atoms with E-state index in [4.69, 9.17) is 0 Å². The monoisotopic (exact) mass is 266 g/mol. The Morgan fingerprint density at radius 1 is 0.688 bits per heavy atom. The van der Waals surface area contributed by atoms with Crippen molar-refractivity contribution in [2.45, 2.75) is 12.8 Å². The highest BCUT2D eigenvalue weighted by atomic mass is 35.5. The number of nitrogens with zero attached hydrogens (tertiary/aromatic N) is 2. The Bertz CT molecular complexity index is 227. The van der Waals surface area contributed by atoms with Gasteiger partial charge in [-0.1, -0.05) is 0 Å². The van der Waals surface area contributed by atoms with E-state index in [9.17, 15) is 0 Å². The van der Waals surface area contributed by atoms with Crippen molar-refractivity contribution < 1.29 is 33.8 Å². The molecule has 0 saturated carbocycles. The summed E-state index contributed by atoms with van der Waals surface area (Å²) in [4.78, 5) is 0. The molecule has 1 rings (SSSR count). The molecule has 0 unspecified atom stereocenters. The maximum atomic E-state index is 3.31. The summed E-state index contributed by atoms with van der Waals surface area (Å²) in [5, 5.41) is 0. The lowest BCUT2D eigenvalue weighted by Gasteiger charge is -2.31. The number of quaternary nitrogens is 2. The van der Waals surface area contributed by atoms with Gasteiger partial charge in [-0.25, -0.2) is 0 Å². The molecule has 0 aromatic heterocycles. The summed E-state index contributed by atoms with van der Waals surface area (Å²) in [5.41, 5.74) is 0. The second kappa shape index (κ2) is 7.40. The van der Waals surface area contributed by atoms with E-state index in [1.807, 2.05) is 0 Å². The molecule has 0 spiro atoms. The van der Waals surface area contributed by atoms with E-state index in [1.165, 1.54) is 25.9 Å². The summed E-state index contributed by atoms with van der Waals surface area (Å²) in [6.45, 7) is 4.52. The fraction of sp³-hybridized carbons (Fsp3) is 0.833. The van der Waals surface area contributed by atoms with Crippen LogP contribution in [0.3, 0.4) is 0 Å². The Balaban J connectivity index is 0. The first-order valence-electron chi connectivity index (χ1n) is 5.51. The summed E-state index contributed by atoms with van der Waals surface area (Å²) in [7, 11) is 9.10. The molecule has 0 radical (unpaired) electrons. The first-order valence-corrected chi connectivity index (χ1v) is 5.51. The maximum absolute atomic E-state index is 3.31. The number of rotatable bonds is 0. The standard InChI is InChI=1S/C12H24N2.2ClH/c1-13(2)9-5-7-11-14(3,4)12-8-6-10-13;;/h5,7,9-12H2,1-4H3;2*1H/q+2;;/p-2. The third-order valence-corrected chi connectivity index (χ3v) is 2.92. The van der Waals surface area contributed by atoms with Crippen LogP contribution in [0.15, 0.2) is 0 Å². The molecule has 0 bridgehead atoms. The average molecular weight is 267 g/mol. The Morgan fingerprint density at radius 2 is 1.00 bits per heavy atom. The smallest absolute Gasteiger partial charge is 0.140 e. The zero-order valence-corrected chi connectivity index (χ0v) is 12.4. The van der Waals surface area contributed by atoms with Crippen molar-refractivity contribution in [2.75, 3.05) is 54.4 Å². The van der Waals surface area contributed by atoms with Gasteiger partial charge in [0, 0.05) is 12.8 Å². The van der Waals surface area contributed by atoms with Gasteiger partial charge in [0.1, 0.15) is 13.1 Å². The van der Waals surface area contributed by atoms with E-state index in [-0.39, 0.29) is 24.8 Å². The molecule has 0 saturated heterocycles. The predicted molar refractivity (Wildman–Crippen MR) is 60.7 cm³/mol. The van der Waals surface area contributed by atoms with Crippen molar-refractivity contribution in [2.24, 2.45) is 0 Å². The van der Waals surface area contributed by atoms with Gasteiger partial charge in [0.2, 0.25) is 0 Å². The van der Waals surface area contributed by atoms with Gasteiger partial charge in [-0.3, -0.25) is 0 Å². The van der Waals surface area contributed by atoms with Gasteiger partial charge in [0.25, 0.3) is 0 Å². The largest absolute Gasteiger partial charge is 1.00 e. The quantitative estimate of drug-likeness (QED) is 0.304. The molecule has 0 N–H and O–H groups in total. The van der Waals surface area contributed by atoms with Crippen molar-refractivity contribution in [3.8, 4) is 11.8 Å². The normalized spacial score (nSPS) is 22.8. The van der Waals surface area contributed by atoms with Crippen LogP contribution in [0.4, 0.5) is 0 Å². The van der Waals surface area contributed by atoms with Crippen molar-refractivity contribution in [1.82, 2.24) is 0 Å². The van der Waals surface area contributed by atoms with Gasteiger partial charge in [0.05, 0.1) is 41.3 Å². The number of halogens is 2. The molecular weight excluding hydrogens is 243 g/mol. The SMILES string of the molecule is C[N+]1(C)CC#CC[N+](C)(C)CCCC1.[Cl-].[Cl-]. The van der Waals surface area contributed by atoms with Crippen molar-refractivity contribution >= 4 is 0 Å². The number of hydrogen-bond donors (Lipinski definition) is 0. The van der Waals surface area contributed by atoms with E-state index < -0.39 is 0 Å². The lowest BCUT2D eigenvalue weighted by atomic mass is 10.2. The average Bonchev–Trinajstić information content (AvgIpc) is 2.07. The molecule has 2 nitrogen and oxygen atoms in total. The molecule has 1 aliphatic rings. The van der Waals surface area contributed by atoms with Crippen LogP contribution >= 0.6 is 0 Å². The van der Waals surface area contributed by atoms with Gasteiger partial charge < -0.3 is 33.8 Å². The lowest BCUT2D eigenvalue weighted by Crippen LogP contribution is -3.00. The molecule has 0 aromatic carbocycles. The summed E-state index contributed by atoms with van der Waals surface area (Å²) < 4.78 is 2.11. The minimum atomic E-state index is 0. The molecule has 0 aromatic rings. The second-order valence-corrected chi connectivity index (χ2v) is 5.70. The predicted octanol–water partition coefficient (Wildman–Crippen LogP) is -5.06. The summed E-state index contributed by atoms with van der Waals surface area (Å²) in [6, 6.07) is 0. The molecule has 0 amide bonds. The van der Waals surface area contributed by atoms with Gasteiger partial charge in [0.15, 0.2) is 0 Å². The third-order valence-electron chi connectivity index (χ3n) is 2.92. The number of hydrogen-bond acceptors (Lipinski definition) is 0. The first kappa shape index (κ1) is 18.4. The second-order valence-electron chi connectivity index (χ2n) is 5.70. The Hall–Kier alpha value is 0.0600. The van der Waals surface area contributed by atoms with Crippen LogP contribution in [0.1, 0.15) is 12.8 Å². The van der Waals surface area contributed by atoms with Crippen molar-refractivity contribution in [1.29, 1.82) is 0 Å². The van der Waals surface area contributed by atoms with Crippen LogP contribution in [0, 0.1) is 11.8 Å². The molecule has 96 valence electrons. The first-order chi connectivity index (χ1) is 6.41. The van der Waals surface area contributed by atoms with Gasteiger partial charge in [-0.05, 0) is 11.8 Å². The third kappa shape index (κ3) is 7.35. The minimum absolute atomic E-state index is 0. The van der Waals surface area contributed by atoms with Gasteiger partial charge in [-0.15, -0.1) is 0 Å². The molecule has 1 heterocycles. The van der Waals surface area contributed by atoms with Gasteiger partial charge in [-0.2, -0.15) is 0 Å². The molecule has 0 fully saturated rings. The van der Waals surface area contributed by atoms with Crippen LogP contribution in [-0.2, 0) is 0 Å². The Labute approximate surface area is 113 Å². The molecule has 16 heavy (non-hydrogen) atoms. The fourth-order valence-corrected chi connectivity index (χ4v) is 1.78. The minimum Gasteiger partial charge on any atom is -1.00 e. The van der Waals surface area contributed by atoms with Crippen LogP contribution in [0.25, 0.3) is 0 Å². The highest BCUT2D eigenvalue weighted by Crippen LogP contribution is 2.06.